The number of hydrogen-bond donors (Lipinski definition) is 1. The standard InChI is InChI=1S/C14H20N2O4/c1-19-11-4-2-5-14(11)6-3-7-16(9-14)13(18)10-8-12(17)15-20-10/h8,11H,2-7,9H2,1H3,(H,15,17)/t11-,14-/m1/s1. The lowest BCUT2D eigenvalue weighted by Crippen LogP contribution is -2.49. The molecular weight excluding hydrogens is 260 g/mol. The minimum Gasteiger partial charge on any atom is -0.381 e. The van der Waals surface area contributed by atoms with E-state index in [1.54, 1.807) is 12.0 Å². The maximum atomic E-state index is 12.4. The SMILES string of the molecule is CO[C@@H]1CCC[C@]12CCCN(C(=O)c1cc(=O)[nH]o1)C2. The molecule has 0 radical (unpaired) electrons. The Bertz CT molecular complexity index is 549. The molecule has 6 nitrogen and oxygen atoms in total. The molecule has 1 saturated heterocycles. The molecule has 1 saturated carbocycles. The van der Waals surface area contributed by atoms with Crippen LogP contribution in [0.25, 0.3) is 0 Å². The summed E-state index contributed by atoms with van der Waals surface area (Å²) in [5, 5.41) is 2.17. The van der Waals surface area contributed by atoms with Crippen LogP contribution in [0.15, 0.2) is 15.4 Å². The van der Waals surface area contributed by atoms with Crippen molar-refractivity contribution in [3.63, 3.8) is 0 Å². The summed E-state index contributed by atoms with van der Waals surface area (Å²) in [6.07, 6.45) is 5.63. The molecular formula is C14H20N2O4. The minimum atomic E-state index is -0.379. The number of aromatic amines is 1. The summed E-state index contributed by atoms with van der Waals surface area (Å²) in [7, 11) is 1.75. The number of piperidine rings is 1. The van der Waals surface area contributed by atoms with E-state index < -0.39 is 0 Å². The van der Waals surface area contributed by atoms with Crippen molar-refractivity contribution in [2.45, 2.75) is 38.2 Å². The van der Waals surface area contributed by atoms with Crippen molar-refractivity contribution in [3.05, 3.63) is 22.2 Å². The number of carbonyl (C=O) groups excluding carboxylic acids is 1. The molecule has 2 fully saturated rings. The van der Waals surface area contributed by atoms with Crippen molar-refractivity contribution in [2.24, 2.45) is 5.41 Å². The van der Waals surface area contributed by atoms with Crippen molar-refractivity contribution in [1.29, 1.82) is 0 Å². The van der Waals surface area contributed by atoms with Gasteiger partial charge in [0, 0.05) is 25.6 Å². The Kier molecular flexibility index (Phi) is 3.41. The van der Waals surface area contributed by atoms with Crippen LogP contribution >= 0.6 is 0 Å². The molecule has 110 valence electrons. The number of nitrogens with one attached hydrogen (secondary N) is 1. The van der Waals surface area contributed by atoms with Crippen molar-refractivity contribution < 1.29 is 14.1 Å². The van der Waals surface area contributed by atoms with E-state index >= 15 is 0 Å². The molecule has 6 heteroatoms. The predicted molar refractivity (Wildman–Crippen MR) is 71.5 cm³/mol. The van der Waals surface area contributed by atoms with Crippen molar-refractivity contribution >= 4 is 5.91 Å². The second-order valence-corrected chi connectivity index (χ2v) is 5.89. The Morgan fingerprint density at radius 3 is 3.00 bits per heavy atom. The number of H-pyrrole nitrogens is 1. The second-order valence-electron chi connectivity index (χ2n) is 5.89. The van der Waals surface area contributed by atoms with Crippen molar-refractivity contribution in [2.75, 3.05) is 20.2 Å². The van der Waals surface area contributed by atoms with Gasteiger partial charge < -0.3 is 14.2 Å². The Hall–Kier alpha value is -1.56. The molecule has 1 aliphatic carbocycles. The van der Waals surface area contributed by atoms with Crippen LogP contribution in [0, 0.1) is 5.41 Å². The zero-order valence-electron chi connectivity index (χ0n) is 11.7. The van der Waals surface area contributed by atoms with Gasteiger partial charge in [-0.25, -0.2) is 0 Å². The van der Waals surface area contributed by atoms with E-state index in [0.717, 1.165) is 32.1 Å². The van der Waals surface area contributed by atoms with Gasteiger partial charge in [0.05, 0.1) is 12.2 Å². The van der Waals surface area contributed by atoms with Crippen LogP contribution in [0.1, 0.15) is 42.7 Å². The number of carbonyl (C=O) groups is 1. The third kappa shape index (κ3) is 2.18. The van der Waals surface area contributed by atoms with Gasteiger partial charge in [0.1, 0.15) is 0 Å². The summed E-state index contributed by atoms with van der Waals surface area (Å²) in [5.74, 6) is -0.108. The summed E-state index contributed by atoms with van der Waals surface area (Å²) in [6.45, 7) is 1.41. The summed E-state index contributed by atoms with van der Waals surface area (Å²) in [4.78, 5) is 25.3. The van der Waals surface area contributed by atoms with Crippen LogP contribution < -0.4 is 5.56 Å². The number of methoxy groups -OCH3 is 1. The number of rotatable bonds is 2. The molecule has 0 aromatic carbocycles. The first-order valence-electron chi connectivity index (χ1n) is 7.15. The predicted octanol–water partition coefficient (Wildman–Crippen LogP) is 1.39. The minimum absolute atomic E-state index is 0.0826. The lowest BCUT2D eigenvalue weighted by Gasteiger charge is -2.43. The number of hydrogen-bond acceptors (Lipinski definition) is 4. The first-order valence-corrected chi connectivity index (χ1v) is 7.15. The van der Waals surface area contributed by atoms with Crippen LogP contribution in [0.4, 0.5) is 0 Å². The lowest BCUT2D eigenvalue weighted by molar-refractivity contribution is -0.0302. The van der Waals surface area contributed by atoms with E-state index in [-0.39, 0.29) is 28.7 Å². The van der Waals surface area contributed by atoms with Gasteiger partial charge in [-0.2, -0.15) is 5.16 Å². The smallest absolute Gasteiger partial charge is 0.292 e. The topological polar surface area (TPSA) is 75.5 Å². The highest BCUT2D eigenvalue weighted by Gasteiger charge is 2.47. The number of ether oxygens (including phenoxy) is 1. The Labute approximate surface area is 117 Å². The van der Waals surface area contributed by atoms with Crippen molar-refractivity contribution in [1.82, 2.24) is 10.1 Å². The Balaban J connectivity index is 1.78. The highest BCUT2D eigenvalue weighted by Crippen LogP contribution is 2.46. The van der Waals surface area contributed by atoms with Crippen LogP contribution in [-0.4, -0.2) is 42.3 Å². The third-order valence-electron chi connectivity index (χ3n) is 4.74. The van der Waals surface area contributed by atoms with Gasteiger partial charge in [0.15, 0.2) is 0 Å². The molecule has 0 bridgehead atoms. The molecule has 1 aliphatic heterocycles. The lowest BCUT2D eigenvalue weighted by atomic mass is 9.76. The van der Waals surface area contributed by atoms with Gasteiger partial charge in [-0.05, 0) is 25.7 Å². The Morgan fingerprint density at radius 2 is 2.30 bits per heavy atom. The molecule has 2 aliphatic rings. The van der Waals surface area contributed by atoms with Gasteiger partial charge in [0.25, 0.3) is 11.5 Å². The quantitative estimate of drug-likeness (QED) is 0.888. The second kappa shape index (κ2) is 5.09. The molecule has 1 spiro atoms. The average molecular weight is 280 g/mol. The first kappa shape index (κ1) is 13.4. The molecule has 2 heterocycles. The van der Waals surface area contributed by atoms with E-state index in [9.17, 15) is 9.59 Å². The van der Waals surface area contributed by atoms with Gasteiger partial charge in [-0.15, -0.1) is 0 Å². The van der Waals surface area contributed by atoms with E-state index in [4.69, 9.17) is 9.26 Å². The molecule has 3 rings (SSSR count). The molecule has 1 aromatic rings. The van der Waals surface area contributed by atoms with Crippen LogP contribution in [0.3, 0.4) is 0 Å². The average Bonchev–Trinajstić information content (AvgIpc) is 3.05. The largest absolute Gasteiger partial charge is 0.381 e. The number of aromatic nitrogens is 1. The maximum absolute atomic E-state index is 12.4. The van der Waals surface area contributed by atoms with Crippen LogP contribution in [-0.2, 0) is 4.74 Å². The summed E-state index contributed by atoms with van der Waals surface area (Å²) in [5.41, 5.74) is -0.296. The van der Waals surface area contributed by atoms with E-state index in [2.05, 4.69) is 5.16 Å². The highest BCUT2D eigenvalue weighted by molar-refractivity contribution is 5.91. The normalized spacial score (nSPS) is 30.1. The van der Waals surface area contributed by atoms with Crippen molar-refractivity contribution in [3.8, 4) is 0 Å². The van der Waals surface area contributed by atoms with E-state index in [1.807, 2.05) is 0 Å². The fraction of sp³-hybridized carbons (Fsp3) is 0.714. The molecule has 1 aromatic heterocycles. The zero-order chi connectivity index (χ0) is 14.2. The van der Waals surface area contributed by atoms with Gasteiger partial charge >= 0.3 is 0 Å². The molecule has 0 unspecified atom stereocenters. The maximum Gasteiger partial charge on any atom is 0.292 e. The van der Waals surface area contributed by atoms with Crippen LogP contribution in [0.5, 0.6) is 0 Å². The van der Waals surface area contributed by atoms with Crippen LogP contribution in [0.2, 0.25) is 0 Å². The Morgan fingerprint density at radius 1 is 1.50 bits per heavy atom. The number of nitrogens with zero attached hydrogens (tertiary/aromatic N) is 1. The fourth-order valence-electron chi connectivity index (χ4n) is 3.82. The van der Waals surface area contributed by atoms with E-state index in [1.165, 1.54) is 6.07 Å². The van der Waals surface area contributed by atoms with Gasteiger partial charge in [0.2, 0.25) is 5.76 Å². The molecule has 1 N–H and O–H groups in total. The third-order valence-corrected chi connectivity index (χ3v) is 4.74. The highest BCUT2D eigenvalue weighted by atomic mass is 16.5. The number of amides is 1. The summed E-state index contributed by atoms with van der Waals surface area (Å²) < 4.78 is 10.5. The zero-order valence-corrected chi connectivity index (χ0v) is 11.7. The van der Waals surface area contributed by atoms with E-state index in [0.29, 0.717) is 13.1 Å². The molecule has 20 heavy (non-hydrogen) atoms. The summed E-state index contributed by atoms with van der Waals surface area (Å²) >= 11 is 0. The van der Waals surface area contributed by atoms with Gasteiger partial charge in [-0.1, -0.05) is 6.42 Å². The number of likely N-dealkylation sites (tertiary alicyclic amines) is 1. The first-order chi connectivity index (χ1) is 9.64. The molecule has 1 amide bonds. The molecule has 2 atom stereocenters. The monoisotopic (exact) mass is 280 g/mol. The summed E-state index contributed by atoms with van der Waals surface area (Å²) in [6, 6.07) is 1.21. The fourth-order valence-corrected chi connectivity index (χ4v) is 3.82. The van der Waals surface area contributed by atoms with Gasteiger partial charge in [-0.3, -0.25) is 9.59 Å².